The Balaban J connectivity index is 1.73. The van der Waals surface area contributed by atoms with E-state index >= 15 is 0 Å². The topological polar surface area (TPSA) is 57.8 Å². The molecular formula is C17H17N3O. The van der Waals surface area contributed by atoms with Gasteiger partial charge in [0.2, 0.25) is 5.91 Å². The number of fused-ring (bicyclic) bond motifs is 1. The first-order valence-corrected chi connectivity index (χ1v) is 6.91. The second-order valence-electron chi connectivity index (χ2n) is 5.33. The fourth-order valence-corrected chi connectivity index (χ4v) is 2.44. The number of hydrogen-bond donors (Lipinski definition) is 2. The van der Waals surface area contributed by atoms with Gasteiger partial charge < -0.3 is 5.32 Å². The van der Waals surface area contributed by atoms with Crippen molar-refractivity contribution in [2.24, 2.45) is 0 Å². The minimum Gasteiger partial charge on any atom is -0.326 e. The number of carbonyl (C=O) groups excluding carboxylic acids is 1. The lowest BCUT2D eigenvalue weighted by atomic mass is 10.0. The average molecular weight is 279 g/mol. The molecule has 0 atom stereocenters. The molecule has 0 fully saturated rings. The maximum atomic E-state index is 12.2. The molecule has 2 N–H and O–H groups in total. The van der Waals surface area contributed by atoms with Gasteiger partial charge >= 0.3 is 0 Å². The van der Waals surface area contributed by atoms with E-state index < -0.39 is 0 Å². The van der Waals surface area contributed by atoms with Gasteiger partial charge in [-0.1, -0.05) is 23.8 Å². The number of anilines is 1. The first-order valence-electron chi connectivity index (χ1n) is 6.91. The van der Waals surface area contributed by atoms with E-state index in [1.54, 1.807) is 6.20 Å². The maximum Gasteiger partial charge on any atom is 0.228 e. The van der Waals surface area contributed by atoms with Gasteiger partial charge in [-0.25, -0.2) is 0 Å². The van der Waals surface area contributed by atoms with E-state index in [0.717, 1.165) is 27.7 Å². The quantitative estimate of drug-likeness (QED) is 0.772. The number of benzene rings is 2. The first-order chi connectivity index (χ1) is 10.1. The summed E-state index contributed by atoms with van der Waals surface area (Å²) in [5.74, 6) is -0.0131. The van der Waals surface area contributed by atoms with Crippen molar-refractivity contribution in [3.63, 3.8) is 0 Å². The number of aromatic amines is 1. The largest absolute Gasteiger partial charge is 0.326 e. The Labute approximate surface area is 123 Å². The number of nitrogens with one attached hydrogen (secondary N) is 2. The number of aryl methyl sites for hydroxylation is 2. The van der Waals surface area contributed by atoms with E-state index in [1.807, 2.05) is 37.3 Å². The van der Waals surface area contributed by atoms with Gasteiger partial charge in [-0.3, -0.25) is 9.89 Å². The van der Waals surface area contributed by atoms with Crippen LogP contribution in [0.4, 0.5) is 5.69 Å². The van der Waals surface area contributed by atoms with E-state index in [1.165, 1.54) is 5.56 Å². The number of amides is 1. The minimum absolute atomic E-state index is 0.0131. The molecule has 2 aromatic carbocycles. The molecule has 0 saturated carbocycles. The van der Waals surface area contributed by atoms with Gasteiger partial charge in [-0.2, -0.15) is 5.10 Å². The molecule has 0 spiro atoms. The average Bonchev–Trinajstić information content (AvgIpc) is 2.89. The lowest BCUT2D eigenvalue weighted by Crippen LogP contribution is -2.15. The van der Waals surface area contributed by atoms with E-state index in [9.17, 15) is 4.79 Å². The molecule has 0 radical (unpaired) electrons. The second-order valence-corrected chi connectivity index (χ2v) is 5.33. The molecule has 4 nitrogen and oxygen atoms in total. The van der Waals surface area contributed by atoms with Crippen molar-refractivity contribution < 1.29 is 4.79 Å². The third-order valence-corrected chi connectivity index (χ3v) is 3.57. The lowest BCUT2D eigenvalue weighted by molar-refractivity contribution is -0.115. The third-order valence-electron chi connectivity index (χ3n) is 3.57. The fraction of sp³-hybridized carbons (Fsp3) is 0.176. The molecular weight excluding hydrogens is 262 g/mol. The van der Waals surface area contributed by atoms with Crippen LogP contribution in [-0.4, -0.2) is 16.1 Å². The summed E-state index contributed by atoms with van der Waals surface area (Å²) in [4.78, 5) is 12.2. The Bertz CT molecular complexity index is 805. The molecule has 21 heavy (non-hydrogen) atoms. The third kappa shape index (κ3) is 2.94. The fourth-order valence-electron chi connectivity index (χ4n) is 2.44. The molecule has 1 aromatic heterocycles. The summed E-state index contributed by atoms with van der Waals surface area (Å²) in [7, 11) is 0. The molecule has 1 amide bonds. The second kappa shape index (κ2) is 5.40. The summed E-state index contributed by atoms with van der Waals surface area (Å²) in [6, 6.07) is 11.9. The van der Waals surface area contributed by atoms with Crippen LogP contribution >= 0.6 is 0 Å². The molecule has 0 aliphatic carbocycles. The highest BCUT2D eigenvalue weighted by Crippen LogP contribution is 2.17. The molecule has 0 aliphatic heterocycles. The van der Waals surface area contributed by atoms with Crippen LogP contribution in [0.1, 0.15) is 16.7 Å². The van der Waals surface area contributed by atoms with E-state index in [0.29, 0.717) is 6.42 Å². The van der Waals surface area contributed by atoms with Crippen LogP contribution in [0.15, 0.2) is 42.6 Å². The van der Waals surface area contributed by atoms with Gasteiger partial charge in [0.25, 0.3) is 0 Å². The number of aromatic nitrogens is 2. The maximum absolute atomic E-state index is 12.2. The standard InChI is InChI=1S/C17H17N3O/c1-11-3-4-13(12(2)7-11)8-17(21)19-15-6-5-14-10-18-20-16(14)9-15/h3-7,9-10H,8H2,1-2H3,(H,18,20)(H,19,21). The highest BCUT2D eigenvalue weighted by atomic mass is 16.1. The Morgan fingerprint density at radius 2 is 2.05 bits per heavy atom. The highest BCUT2D eigenvalue weighted by molar-refractivity contribution is 5.94. The van der Waals surface area contributed by atoms with E-state index in [4.69, 9.17) is 0 Å². The molecule has 3 rings (SSSR count). The van der Waals surface area contributed by atoms with Gasteiger partial charge in [0.05, 0.1) is 18.1 Å². The minimum atomic E-state index is -0.0131. The molecule has 4 heteroatoms. The Kier molecular flexibility index (Phi) is 3.44. The summed E-state index contributed by atoms with van der Waals surface area (Å²) in [5.41, 5.74) is 5.11. The van der Waals surface area contributed by atoms with Crippen molar-refractivity contribution in [2.75, 3.05) is 5.32 Å². The number of hydrogen-bond acceptors (Lipinski definition) is 2. The molecule has 0 aliphatic rings. The summed E-state index contributed by atoms with van der Waals surface area (Å²) >= 11 is 0. The summed E-state index contributed by atoms with van der Waals surface area (Å²) in [6.07, 6.45) is 2.14. The van der Waals surface area contributed by atoms with Crippen molar-refractivity contribution in [3.8, 4) is 0 Å². The Morgan fingerprint density at radius 3 is 2.86 bits per heavy atom. The molecule has 3 aromatic rings. The molecule has 106 valence electrons. The van der Waals surface area contributed by atoms with Crippen molar-refractivity contribution in [2.45, 2.75) is 20.3 Å². The summed E-state index contributed by atoms with van der Waals surface area (Å²) < 4.78 is 0. The van der Waals surface area contributed by atoms with Gasteiger partial charge in [0, 0.05) is 11.1 Å². The number of rotatable bonds is 3. The molecule has 1 heterocycles. The van der Waals surface area contributed by atoms with Crippen LogP contribution in [0.25, 0.3) is 10.9 Å². The lowest BCUT2D eigenvalue weighted by Gasteiger charge is -2.08. The zero-order valence-electron chi connectivity index (χ0n) is 12.1. The van der Waals surface area contributed by atoms with Crippen LogP contribution in [0.2, 0.25) is 0 Å². The van der Waals surface area contributed by atoms with Crippen molar-refractivity contribution >= 4 is 22.5 Å². The number of H-pyrrole nitrogens is 1. The highest BCUT2D eigenvalue weighted by Gasteiger charge is 2.07. The van der Waals surface area contributed by atoms with Crippen LogP contribution in [0, 0.1) is 13.8 Å². The van der Waals surface area contributed by atoms with Gasteiger partial charge in [0.15, 0.2) is 0 Å². The monoisotopic (exact) mass is 279 g/mol. The molecule has 0 unspecified atom stereocenters. The van der Waals surface area contributed by atoms with Crippen molar-refractivity contribution in [3.05, 3.63) is 59.3 Å². The van der Waals surface area contributed by atoms with E-state index in [-0.39, 0.29) is 5.91 Å². The van der Waals surface area contributed by atoms with Gasteiger partial charge in [-0.15, -0.1) is 0 Å². The van der Waals surface area contributed by atoms with Crippen LogP contribution in [0.3, 0.4) is 0 Å². The zero-order chi connectivity index (χ0) is 14.8. The number of nitrogens with zero attached hydrogens (tertiary/aromatic N) is 1. The van der Waals surface area contributed by atoms with Gasteiger partial charge in [-0.05, 0) is 43.2 Å². The summed E-state index contributed by atoms with van der Waals surface area (Å²) in [6.45, 7) is 4.09. The predicted molar refractivity (Wildman–Crippen MR) is 84.3 cm³/mol. The van der Waals surface area contributed by atoms with Gasteiger partial charge in [0.1, 0.15) is 0 Å². The SMILES string of the molecule is Cc1ccc(CC(=O)Nc2ccc3cn[nH]c3c2)c(C)c1. The number of carbonyl (C=O) groups is 1. The van der Waals surface area contributed by atoms with Crippen LogP contribution in [0.5, 0.6) is 0 Å². The Morgan fingerprint density at radius 1 is 1.19 bits per heavy atom. The zero-order valence-corrected chi connectivity index (χ0v) is 12.1. The first kappa shape index (κ1) is 13.4. The smallest absolute Gasteiger partial charge is 0.228 e. The van der Waals surface area contributed by atoms with E-state index in [2.05, 4.69) is 28.5 Å². The molecule has 0 bridgehead atoms. The molecule has 0 saturated heterocycles. The van der Waals surface area contributed by atoms with Crippen LogP contribution in [-0.2, 0) is 11.2 Å². The van der Waals surface area contributed by atoms with Crippen molar-refractivity contribution in [1.29, 1.82) is 0 Å². The predicted octanol–water partition coefficient (Wildman–Crippen LogP) is 3.36. The van der Waals surface area contributed by atoms with Crippen molar-refractivity contribution in [1.82, 2.24) is 10.2 Å². The van der Waals surface area contributed by atoms with Crippen LogP contribution < -0.4 is 5.32 Å². The Hall–Kier alpha value is -2.62. The normalized spacial score (nSPS) is 10.8. The summed E-state index contributed by atoms with van der Waals surface area (Å²) in [5, 5.41) is 10.8.